The first-order chi connectivity index (χ1) is 19.8. The van der Waals surface area contributed by atoms with E-state index in [0.717, 1.165) is 50.0 Å². The maximum Gasteiger partial charge on any atom is 0.136 e. The highest BCUT2D eigenvalue weighted by molar-refractivity contribution is 6.05. The molecule has 0 aliphatic heterocycles. The molecule has 2 atom stereocenters. The fourth-order valence-corrected chi connectivity index (χ4v) is 6.58. The molecule has 0 saturated carbocycles. The molecular formula is C36H23N3O. The van der Waals surface area contributed by atoms with E-state index in [-0.39, 0.29) is 0 Å². The fourth-order valence-electron chi connectivity index (χ4n) is 6.58. The molecule has 0 amide bonds. The van der Waals surface area contributed by atoms with Gasteiger partial charge in [0.05, 0.1) is 11.9 Å². The number of aromatic nitrogens is 3. The number of fused-ring (bicyclic) bond motifs is 3. The Morgan fingerprint density at radius 1 is 0.725 bits per heavy atom. The summed E-state index contributed by atoms with van der Waals surface area (Å²) in [6.45, 7) is 0. The summed E-state index contributed by atoms with van der Waals surface area (Å²) >= 11 is 0. The maximum atomic E-state index is 6.10. The lowest BCUT2D eigenvalue weighted by Crippen LogP contribution is -2.21. The highest BCUT2D eigenvalue weighted by atomic mass is 16.3. The summed E-state index contributed by atoms with van der Waals surface area (Å²) in [5, 5.41) is 11.4. The van der Waals surface area contributed by atoms with Crippen LogP contribution in [0.4, 0.5) is 0 Å². The molecule has 0 bridgehead atoms. The molecule has 188 valence electrons. The van der Waals surface area contributed by atoms with Crippen LogP contribution in [0.1, 0.15) is 22.6 Å². The van der Waals surface area contributed by atoms with Crippen LogP contribution in [0.2, 0.25) is 0 Å². The SMILES string of the molecule is C1=CC2C=Cc3c(-n4cc(-c5ccc(-c6ccc7c(c6)oc6ccccc67)cc5)nn4)ccc4c3C2C(=C1)C=C4. The molecule has 2 unspecified atom stereocenters. The van der Waals surface area contributed by atoms with Gasteiger partial charge >= 0.3 is 0 Å². The smallest absolute Gasteiger partial charge is 0.136 e. The lowest BCUT2D eigenvalue weighted by molar-refractivity contribution is 0.662. The number of furan rings is 1. The van der Waals surface area contributed by atoms with Crippen LogP contribution in [0, 0.1) is 5.92 Å². The zero-order chi connectivity index (χ0) is 26.2. The second-order valence-electron chi connectivity index (χ2n) is 10.7. The average molecular weight is 514 g/mol. The largest absolute Gasteiger partial charge is 0.456 e. The first-order valence-corrected chi connectivity index (χ1v) is 13.7. The van der Waals surface area contributed by atoms with Gasteiger partial charge in [-0.15, -0.1) is 5.10 Å². The van der Waals surface area contributed by atoms with Crippen molar-refractivity contribution in [3.8, 4) is 28.1 Å². The maximum absolute atomic E-state index is 6.10. The molecule has 2 aromatic heterocycles. The Kier molecular flexibility index (Phi) is 4.41. The first kappa shape index (κ1) is 21.7. The number of hydrogen-bond acceptors (Lipinski definition) is 3. The average Bonchev–Trinajstić information content (AvgIpc) is 3.65. The minimum atomic E-state index is 0.374. The van der Waals surface area contributed by atoms with E-state index in [2.05, 4.69) is 114 Å². The van der Waals surface area contributed by atoms with E-state index in [9.17, 15) is 0 Å². The summed E-state index contributed by atoms with van der Waals surface area (Å²) < 4.78 is 8.02. The monoisotopic (exact) mass is 513 g/mol. The zero-order valence-electron chi connectivity index (χ0n) is 21.5. The highest BCUT2D eigenvalue weighted by Crippen LogP contribution is 2.48. The first-order valence-electron chi connectivity index (χ1n) is 13.7. The summed E-state index contributed by atoms with van der Waals surface area (Å²) in [4.78, 5) is 0. The van der Waals surface area contributed by atoms with E-state index in [4.69, 9.17) is 4.42 Å². The van der Waals surface area contributed by atoms with Gasteiger partial charge in [0.15, 0.2) is 0 Å². The molecule has 0 N–H and O–H groups in total. The quantitative estimate of drug-likeness (QED) is 0.238. The number of allylic oxidation sites excluding steroid dienone is 6. The van der Waals surface area contributed by atoms with E-state index < -0.39 is 0 Å². The Bertz CT molecular complexity index is 2120. The van der Waals surface area contributed by atoms with Crippen molar-refractivity contribution in [1.29, 1.82) is 0 Å². The van der Waals surface area contributed by atoms with Crippen LogP contribution in [0.15, 0.2) is 125 Å². The summed E-state index contributed by atoms with van der Waals surface area (Å²) in [7, 11) is 0. The van der Waals surface area contributed by atoms with Gasteiger partial charge < -0.3 is 4.42 Å². The summed E-state index contributed by atoms with van der Waals surface area (Å²) in [6, 6.07) is 27.5. The molecule has 9 rings (SSSR count). The van der Waals surface area contributed by atoms with Gasteiger partial charge in [0.25, 0.3) is 0 Å². The van der Waals surface area contributed by atoms with Crippen LogP contribution in [0.5, 0.6) is 0 Å². The second kappa shape index (κ2) is 8.14. The normalized spacial score (nSPS) is 18.4. The van der Waals surface area contributed by atoms with Gasteiger partial charge in [0, 0.05) is 33.7 Å². The Morgan fingerprint density at radius 2 is 1.57 bits per heavy atom. The van der Waals surface area contributed by atoms with Crippen LogP contribution in [-0.4, -0.2) is 15.0 Å². The third-order valence-electron chi connectivity index (χ3n) is 8.55. The molecule has 4 heteroatoms. The third-order valence-corrected chi connectivity index (χ3v) is 8.55. The molecule has 0 saturated heterocycles. The molecule has 3 aliphatic carbocycles. The van der Waals surface area contributed by atoms with Crippen molar-refractivity contribution in [2.24, 2.45) is 5.92 Å². The van der Waals surface area contributed by atoms with Crippen LogP contribution in [0.25, 0.3) is 62.2 Å². The summed E-state index contributed by atoms with van der Waals surface area (Å²) in [5.74, 6) is 0.781. The standard InChI is InChI=1S/C36H23N3O/c1-2-7-33-28(6-1)29-17-15-27(20-34(29)40-33)22-8-10-23(11-9-22)31-21-39(38-37-31)32-19-16-26-13-12-24-4-3-5-25-14-18-30(32)36(26)35(24)25/h1-21,25,35H. The van der Waals surface area contributed by atoms with Gasteiger partial charge in [-0.3, -0.25) is 0 Å². The Labute approximate surface area is 230 Å². The molecule has 0 fully saturated rings. The lowest BCUT2D eigenvalue weighted by Gasteiger charge is -2.35. The second-order valence-corrected chi connectivity index (χ2v) is 10.7. The van der Waals surface area contributed by atoms with Crippen molar-refractivity contribution < 1.29 is 4.42 Å². The van der Waals surface area contributed by atoms with E-state index in [1.54, 1.807) is 0 Å². The molecule has 3 aliphatic rings. The molecule has 0 radical (unpaired) electrons. The number of para-hydroxylation sites is 1. The van der Waals surface area contributed by atoms with Crippen molar-refractivity contribution in [3.05, 3.63) is 138 Å². The van der Waals surface area contributed by atoms with Crippen LogP contribution < -0.4 is 0 Å². The summed E-state index contributed by atoms with van der Waals surface area (Å²) in [5.41, 5.74) is 12.3. The van der Waals surface area contributed by atoms with Crippen molar-refractivity contribution in [2.45, 2.75) is 5.92 Å². The molecule has 4 nitrogen and oxygen atoms in total. The fraction of sp³-hybridized carbons (Fsp3) is 0.0556. The van der Waals surface area contributed by atoms with Crippen LogP contribution in [-0.2, 0) is 0 Å². The zero-order valence-corrected chi connectivity index (χ0v) is 21.5. The van der Waals surface area contributed by atoms with E-state index >= 15 is 0 Å². The molecule has 6 aromatic rings. The van der Waals surface area contributed by atoms with Gasteiger partial charge in [-0.2, -0.15) is 0 Å². The van der Waals surface area contributed by atoms with Gasteiger partial charge in [-0.05, 0) is 52.1 Å². The Hall–Kier alpha value is -5.22. The van der Waals surface area contributed by atoms with Crippen molar-refractivity contribution in [3.63, 3.8) is 0 Å². The van der Waals surface area contributed by atoms with Crippen LogP contribution >= 0.6 is 0 Å². The van der Waals surface area contributed by atoms with E-state index in [0.29, 0.717) is 11.8 Å². The molecule has 40 heavy (non-hydrogen) atoms. The number of rotatable bonds is 3. The number of benzene rings is 4. The van der Waals surface area contributed by atoms with Gasteiger partial charge in [0.1, 0.15) is 16.9 Å². The predicted molar refractivity (Wildman–Crippen MR) is 161 cm³/mol. The molecule has 2 heterocycles. The predicted octanol–water partition coefficient (Wildman–Crippen LogP) is 8.75. The topological polar surface area (TPSA) is 43.9 Å². The van der Waals surface area contributed by atoms with Gasteiger partial charge in [-0.1, -0.05) is 102 Å². The Balaban J connectivity index is 1.05. The highest BCUT2D eigenvalue weighted by Gasteiger charge is 2.33. The number of hydrogen-bond donors (Lipinski definition) is 0. The van der Waals surface area contributed by atoms with E-state index in [1.807, 2.05) is 29.1 Å². The lowest BCUT2D eigenvalue weighted by atomic mass is 9.69. The van der Waals surface area contributed by atoms with Crippen LogP contribution in [0.3, 0.4) is 0 Å². The minimum absolute atomic E-state index is 0.374. The van der Waals surface area contributed by atoms with Crippen molar-refractivity contribution >= 4 is 34.1 Å². The Morgan fingerprint density at radius 3 is 2.52 bits per heavy atom. The third kappa shape index (κ3) is 3.13. The minimum Gasteiger partial charge on any atom is -0.456 e. The number of nitrogens with zero attached hydrogens (tertiary/aromatic N) is 3. The van der Waals surface area contributed by atoms with Gasteiger partial charge in [0.2, 0.25) is 0 Å². The molecule has 0 spiro atoms. The van der Waals surface area contributed by atoms with Gasteiger partial charge in [-0.25, -0.2) is 4.68 Å². The molecular weight excluding hydrogens is 490 g/mol. The van der Waals surface area contributed by atoms with Crippen molar-refractivity contribution in [2.75, 3.05) is 0 Å². The van der Waals surface area contributed by atoms with E-state index in [1.165, 1.54) is 22.3 Å². The van der Waals surface area contributed by atoms with Crippen molar-refractivity contribution in [1.82, 2.24) is 15.0 Å². The molecule has 4 aromatic carbocycles. The summed E-state index contributed by atoms with van der Waals surface area (Å²) in [6.07, 6.45) is 17.8.